The molecule has 2 heterocycles. The molecule has 2 aromatic rings. The fraction of sp³-hybridized carbons (Fsp3) is 0.273. The third-order valence-electron chi connectivity index (χ3n) is 2.56. The molecule has 100 valence electrons. The number of nitrogens with zero attached hydrogens (tertiary/aromatic N) is 2. The van der Waals surface area contributed by atoms with Gasteiger partial charge in [0.05, 0.1) is 17.2 Å². The van der Waals surface area contributed by atoms with Crippen molar-refractivity contribution >= 4 is 28.6 Å². The van der Waals surface area contributed by atoms with Gasteiger partial charge in [-0.3, -0.25) is 14.3 Å². The molecule has 0 aliphatic rings. The number of ether oxygens (including phenoxy) is 1. The van der Waals surface area contributed by atoms with Gasteiger partial charge in [0.25, 0.3) is 5.56 Å². The van der Waals surface area contributed by atoms with Gasteiger partial charge in [0, 0.05) is 13.2 Å². The number of aromatic nitrogens is 3. The van der Waals surface area contributed by atoms with Crippen LogP contribution in [-0.4, -0.2) is 27.1 Å². The van der Waals surface area contributed by atoms with Gasteiger partial charge in [-0.15, -0.1) is 0 Å². The summed E-state index contributed by atoms with van der Waals surface area (Å²) in [5.41, 5.74) is -1.21. The number of rotatable bonds is 2. The zero-order valence-corrected chi connectivity index (χ0v) is 10.9. The number of carbonyl (C=O) groups is 1. The first kappa shape index (κ1) is 13.3. The van der Waals surface area contributed by atoms with Crippen molar-refractivity contribution in [3.05, 3.63) is 37.6 Å². The summed E-state index contributed by atoms with van der Waals surface area (Å²) in [7, 11) is 1.44. The highest BCUT2D eigenvalue weighted by Gasteiger charge is 2.18. The standard InChI is InChI=1S/C11H10ClN3O4/c1-3-19-10(17)5-4-13-8-6(7(5)12)9(16)14-11(18)15(8)2/h4H,3H2,1-2H3,(H,14,16,18). The Labute approximate surface area is 111 Å². The van der Waals surface area contributed by atoms with E-state index in [9.17, 15) is 14.4 Å². The Balaban J connectivity index is 2.83. The molecule has 0 aliphatic heterocycles. The monoisotopic (exact) mass is 283 g/mol. The highest BCUT2D eigenvalue weighted by molar-refractivity contribution is 6.38. The Bertz CT molecular complexity index is 778. The number of hydrogen-bond donors (Lipinski definition) is 1. The maximum Gasteiger partial charge on any atom is 0.341 e. The smallest absolute Gasteiger partial charge is 0.341 e. The summed E-state index contributed by atoms with van der Waals surface area (Å²) >= 11 is 6.03. The lowest BCUT2D eigenvalue weighted by molar-refractivity contribution is 0.0526. The van der Waals surface area contributed by atoms with Crippen LogP contribution in [0.1, 0.15) is 17.3 Å². The lowest BCUT2D eigenvalue weighted by Crippen LogP contribution is -2.29. The average Bonchev–Trinajstić information content (AvgIpc) is 2.35. The minimum atomic E-state index is -0.693. The first-order valence-electron chi connectivity index (χ1n) is 5.42. The molecule has 0 spiro atoms. The van der Waals surface area contributed by atoms with E-state index in [4.69, 9.17) is 16.3 Å². The molecule has 2 aromatic heterocycles. The van der Waals surface area contributed by atoms with Gasteiger partial charge >= 0.3 is 11.7 Å². The molecule has 0 saturated carbocycles. The first-order valence-corrected chi connectivity index (χ1v) is 5.79. The van der Waals surface area contributed by atoms with Crippen molar-refractivity contribution in [2.45, 2.75) is 6.92 Å². The van der Waals surface area contributed by atoms with E-state index in [1.807, 2.05) is 0 Å². The van der Waals surface area contributed by atoms with Crippen LogP contribution < -0.4 is 11.2 Å². The third kappa shape index (κ3) is 2.12. The van der Waals surface area contributed by atoms with Crippen LogP contribution >= 0.6 is 11.6 Å². The number of halogens is 1. The van der Waals surface area contributed by atoms with E-state index in [0.717, 1.165) is 4.57 Å². The lowest BCUT2D eigenvalue weighted by atomic mass is 10.2. The van der Waals surface area contributed by atoms with Gasteiger partial charge in [0.15, 0.2) is 5.65 Å². The van der Waals surface area contributed by atoms with Crippen molar-refractivity contribution in [3.63, 3.8) is 0 Å². The summed E-state index contributed by atoms with van der Waals surface area (Å²) in [6, 6.07) is 0. The van der Waals surface area contributed by atoms with Crippen LogP contribution in [0.3, 0.4) is 0 Å². The van der Waals surface area contributed by atoms with E-state index >= 15 is 0 Å². The Morgan fingerprint density at radius 1 is 1.53 bits per heavy atom. The second kappa shape index (κ2) is 4.85. The van der Waals surface area contributed by atoms with Gasteiger partial charge in [0.2, 0.25) is 0 Å². The third-order valence-corrected chi connectivity index (χ3v) is 2.95. The van der Waals surface area contributed by atoms with E-state index in [-0.39, 0.29) is 28.2 Å². The molecule has 0 amide bonds. The van der Waals surface area contributed by atoms with Crippen molar-refractivity contribution in [3.8, 4) is 0 Å². The molecule has 7 nitrogen and oxygen atoms in total. The normalized spacial score (nSPS) is 10.7. The van der Waals surface area contributed by atoms with Crippen LogP contribution in [0.25, 0.3) is 11.0 Å². The van der Waals surface area contributed by atoms with Gasteiger partial charge in [-0.05, 0) is 6.92 Å². The summed E-state index contributed by atoms with van der Waals surface area (Å²) < 4.78 is 5.94. The predicted molar refractivity (Wildman–Crippen MR) is 68.6 cm³/mol. The zero-order chi connectivity index (χ0) is 14.2. The van der Waals surface area contributed by atoms with E-state index in [2.05, 4.69) is 9.97 Å². The number of aromatic amines is 1. The highest BCUT2D eigenvalue weighted by Crippen LogP contribution is 2.22. The largest absolute Gasteiger partial charge is 0.462 e. The molecule has 0 aliphatic carbocycles. The molecule has 2 rings (SSSR count). The number of nitrogens with one attached hydrogen (secondary N) is 1. The maximum atomic E-state index is 11.8. The summed E-state index contributed by atoms with van der Waals surface area (Å²) in [5, 5.41) is -0.102. The molecule has 0 atom stereocenters. The molecule has 0 saturated heterocycles. The summed E-state index contributed by atoms with van der Waals surface area (Å²) in [6.45, 7) is 1.83. The highest BCUT2D eigenvalue weighted by atomic mass is 35.5. The number of H-pyrrole nitrogens is 1. The van der Waals surface area contributed by atoms with Crippen LogP contribution in [0, 0.1) is 0 Å². The molecular formula is C11H10ClN3O4. The lowest BCUT2D eigenvalue weighted by Gasteiger charge is -2.07. The van der Waals surface area contributed by atoms with Crippen LogP contribution in [-0.2, 0) is 11.8 Å². The Hall–Kier alpha value is -2.15. The van der Waals surface area contributed by atoms with Crippen LogP contribution in [0.2, 0.25) is 5.02 Å². The van der Waals surface area contributed by atoms with Crippen LogP contribution in [0.15, 0.2) is 15.8 Å². The van der Waals surface area contributed by atoms with Crippen LogP contribution in [0.4, 0.5) is 0 Å². The predicted octanol–water partition coefficient (Wildman–Crippen LogP) is 0.452. The van der Waals surface area contributed by atoms with Gasteiger partial charge in [-0.1, -0.05) is 11.6 Å². The average molecular weight is 284 g/mol. The first-order chi connectivity index (χ1) is 8.97. The number of hydrogen-bond acceptors (Lipinski definition) is 5. The number of carbonyl (C=O) groups excluding carboxylic acids is 1. The number of aryl methyl sites for hydroxylation is 1. The number of fused-ring (bicyclic) bond motifs is 1. The molecule has 19 heavy (non-hydrogen) atoms. The second-order valence-electron chi connectivity index (χ2n) is 3.72. The number of pyridine rings is 1. The summed E-state index contributed by atoms with van der Waals surface area (Å²) in [5.74, 6) is -0.671. The van der Waals surface area contributed by atoms with Crippen LogP contribution in [0.5, 0.6) is 0 Å². The molecule has 0 bridgehead atoms. The van der Waals surface area contributed by atoms with Crippen molar-refractivity contribution in [1.29, 1.82) is 0 Å². The van der Waals surface area contributed by atoms with Crippen molar-refractivity contribution in [2.24, 2.45) is 7.05 Å². The molecule has 0 fully saturated rings. The number of esters is 1. The second-order valence-corrected chi connectivity index (χ2v) is 4.10. The molecule has 0 radical (unpaired) electrons. The van der Waals surface area contributed by atoms with E-state index in [1.54, 1.807) is 6.92 Å². The Morgan fingerprint density at radius 2 is 2.21 bits per heavy atom. The molecular weight excluding hydrogens is 274 g/mol. The Morgan fingerprint density at radius 3 is 2.84 bits per heavy atom. The minimum Gasteiger partial charge on any atom is -0.462 e. The van der Waals surface area contributed by atoms with Crippen molar-refractivity contribution in [1.82, 2.24) is 14.5 Å². The van der Waals surface area contributed by atoms with Gasteiger partial charge < -0.3 is 4.74 Å². The molecule has 0 unspecified atom stereocenters. The molecule has 8 heteroatoms. The topological polar surface area (TPSA) is 94.1 Å². The molecule has 1 N–H and O–H groups in total. The summed E-state index contributed by atoms with van der Waals surface area (Å²) in [4.78, 5) is 40.8. The minimum absolute atomic E-state index is 0.0137. The van der Waals surface area contributed by atoms with Gasteiger partial charge in [-0.2, -0.15) is 0 Å². The van der Waals surface area contributed by atoms with Crippen molar-refractivity contribution in [2.75, 3.05) is 6.61 Å². The van der Waals surface area contributed by atoms with E-state index in [1.165, 1.54) is 13.2 Å². The Kier molecular flexibility index (Phi) is 3.39. The molecule has 0 aromatic carbocycles. The van der Waals surface area contributed by atoms with Crippen molar-refractivity contribution < 1.29 is 9.53 Å². The van der Waals surface area contributed by atoms with Gasteiger partial charge in [0.1, 0.15) is 5.39 Å². The van der Waals surface area contributed by atoms with Gasteiger partial charge in [-0.25, -0.2) is 14.6 Å². The quantitative estimate of drug-likeness (QED) is 0.808. The fourth-order valence-electron chi connectivity index (χ4n) is 1.63. The van der Waals surface area contributed by atoms with E-state index in [0.29, 0.717) is 0 Å². The fourth-order valence-corrected chi connectivity index (χ4v) is 1.92. The SMILES string of the molecule is CCOC(=O)c1cnc2c(c1Cl)c(=O)[nH]c(=O)n2C. The zero-order valence-electron chi connectivity index (χ0n) is 10.2. The maximum absolute atomic E-state index is 11.8. The summed E-state index contributed by atoms with van der Waals surface area (Å²) in [6.07, 6.45) is 1.18. The van der Waals surface area contributed by atoms with E-state index < -0.39 is 17.2 Å².